The first-order chi connectivity index (χ1) is 11.2. The van der Waals surface area contributed by atoms with Gasteiger partial charge >= 0.3 is 6.03 Å². The second-order valence-electron chi connectivity index (χ2n) is 6.76. The van der Waals surface area contributed by atoms with Crippen molar-refractivity contribution in [2.75, 3.05) is 10.6 Å². The molecule has 2 aromatic rings. The molecule has 5 heteroatoms. The molecule has 24 heavy (non-hydrogen) atoms. The van der Waals surface area contributed by atoms with Crippen molar-refractivity contribution in [2.24, 2.45) is 11.1 Å². The lowest BCUT2D eigenvalue weighted by Gasteiger charge is -2.17. The quantitative estimate of drug-likeness (QED) is 0.800. The summed E-state index contributed by atoms with van der Waals surface area (Å²) in [7, 11) is 0. The monoisotopic (exact) mass is 325 g/mol. The average molecular weight is 325 g/mol. The summed E-state index contributed by atoms with van der Waals surface area (Å²) in [6.07, 6.45) is 0.768. The minimum Gasteiger partial charge on any atom is -0.351 e. The molecule has 0 bridgehead atoms. The van der Waals surface area contributed by atoms with Gasteiger partial charge in [-0.1, -0.05) is 45.0 Å². The topological polar surface area (TPSA) is 84.2 Å². The summed E-state index contributed by atoms with van der Waals surface area (Å²) in [6.45, 7) is 5.65. The highest BCUT2D eigenvalue weighted by molar-refractivity contribution is 5.94. The highest BCUT2D eigenvalue weighted by atomic mass is 16.2. The highest BCUT2D eigenvalue weighted by Gasteiger charge is 2.20. The van der Waals surface area contributed by atoms with Crippen LogP contribution in [0.3, 0.4) is 0 Å². The van der Waals surface area contributed by atoms with Gasteiger partial charge in [-0.3, -0.25) is 4.79 Å². The summed E-state index contributed by atoms with van der Waals surface area (Å²) < 4.78 is 0. The lowest BCUT2D eigenvalue weighted by molar-refractivity contribution is -0.123. The van der Waals surface area contributed by atoms with Crippen molar-refractivity contribution in [1.29, 1.82) is 0 Å². The summed E-state index contributed by atoms with van der Waals surface area (Å²) in [4.78, 5) is 22.8. The van der Waals surface area contributed by atoms with Crippen molar-refractivity contribution in [3.63, 3.8) is 0 Å². The number of hydrogen-bond donors (Lipinski definition) is 3. The standard InChI is InChI=1S/C19H23N3O2/c1-19(2,3)17(23)21-15-8-4-13(5-9-15)12-14-6-10-16(11-7-14)22-18(20)24/h4-11H,12H2,1-3H3,(H,21,23)(H3,20,22,24). The first kappa shape index (κ1) is 17.5. The largest absolute Gasteiger partial charge is 0.351 e. The minimum atomic E-state index is -0.573. The molecule has 0 aliphatic heterocycles. The Morgan fingerprint density at radius 1 is 0.833 bits per heavy atom. The Labute approximate surface area is 142 Å². The Morgan fingerprint density at radius 3 is 1.62 bits per heavy atom. The molecule has 126 valence electrons. The van der Waals surface area contributed by atoms with E-state index < -0.39 is 11.4 Å². The van der Waals surface area contributed by atoms with Gasteiger partial charge in [-0.25, -0.2) is 4.79 Å². The molecule has 0 radical (unpaired) electrons. The fraction of sp³-hybridized carbons (Fsp3) is 0.263. The number of hydrogen-bond acceptors (Lipinski definition) is 2. The number of amides is 3. The molecule has 3 amide bonds. The second kappa shape index (κ2) is 7.17. The maximum Gasteiger partial charge on any atom is 0.316 e. The highest BCUT2D eigenvalue weighted by Crippen LogP contribution is 2.19. The molecule has 0 aliphatic carbocycles. The van der Waals surface area contributed by atoms with Crippen molar-refractivity contribution < 1.29 is 9.59 Å². The van der Waals surface area contributed by atoms with E-state index in [4.69, 9.17) is 5.73 Å². The molecule has 2 aromatic carbocycles. The fourth-order valence-electron chi connectivity index (χ4n) is 2.11. The zero-order valence-corrected chi connectivity index (χ0v) is 14.2. The Kier molecular flexibility index (Phi) is 5.24. The number of anilines is 2. The maximum atomic E-state index is 12.0. The molecule has 0 saturated heterocycles. The normalized spacial score (nSPS) is 11.0. The molecule has 0 aliphatic rings. The van der Waals surface area contributed by atoms with Crippen LogP contribution in [0.5, 0.6) is 0 Å². The van der Waals surface area contributed by atoms with Crippen LogP contribution in [0.1, 0.15) is 31.9 Å². The smallest absolute Gasteiger partial charge is 0.316 e. The minimum absolute atomic E-state index is 0.00668. The summed E-state index contributed by atoms with van der Waals surface area (Å²) in [6, 6.07) is 14.7. The average Bonchev–Trinajstić information content (AvgIpc) is 2.50. The van der Waals surface area contributed by atoms with Crippen LogP contribution < -0.4 is 16.4 Å². The van der Waals surface area contributed by atoms with E-state index in [9.17, 15) is 9.59 Å². The number of urea groups is 1. The predicted octanol–water partition coefficient (Wildman–Crippen LogP) is 3.75. The van der Waals surface area contributed by atoms with Gasteiger partial charge in [-0.05, 0) is 41.8 Å². The maximum absolute atomic E-state index is 12.0. The number of rotatable bonds is 4. The van der Waals surface area contributed by atoms with E-state index in [1.165, 1.54) is 0 Å². The van der Waals surface area contributed by atoms with Crippen LogP contribution in [0.25, 0.3) is 0 Å². The van der Waals surface area contributed by atoms with Crippen LogP contribution >= 0.6 is 0 Å². The molecule has 0 fully saturated rings. The van der Waals surface area contributed by atoms with Crippen molar-refractivity contribution in [1.82, 2.24) is 0 Å². The van der Waals surface area contributed by atoms with Crippen molar-refractivity contribution in [3.05, 3.63) is 59.7 Å². The Balaban J connectivity index is 1.98. The van der Waals surface area contributed by atoms with E-state index in [2.05, 4.69) is 10.6 Å². The molecule has 4 N–H and O–H groups in total. The van der Waals surface area contributed by atoms with Gasteiger partial charge in [0.15, 0.2) is 0 Å². The summed E-state index contributed by atoms with van der Waals surface area (Å²) in [5.41, 5.74) is 8.39. The third kappa shape index (κ3) is 5.12. The molecule has 0 unspecified atom stereocenters. The van der Waals surface area contributed by atoms with Crippen LogP contribution in [0.15, 0.2) is 48.5 Å². The summed E-state index contributed by atoms with van der Waals surface area (Å²) >= 11 is 0. The molecule has 0 heterocycles. The van der Waals surface area contributed by atoms with Crippen LogP contribution in [-0.2, 0) is 11.2 Å². The molecule has 0 spiro atoms. The van der Waals surface area contributed by atoms with E-state index in [1.54, 1.807) is 0 Å². The van der Waals surface area contributed by atoms with Gasteiger partial charge in [0.2, 0.25) is 5.91 Å². The Morgan fingerprint density at radius 2 is 1.25 bits per heavy atom. The first-order valence-electron chi connectivity index (χ1n) is 7.80. The zero-order valence-electron chi connectivity index (χ0n) is 14.2. The van der Waals surface area contributed by atoms with Gasteiger partial charge in [0.05, 0.1) is 0 Å². The number of nitrogens with one attached hydrogen (secondary N) is 2. The number of carbonyl (C=O) groups is 2. The van der Waals surface area contributed by atoms with Crippen LogP contribution in [-0.4, -0.2) is 11.9 Å². The molecule has 0 saturated carbocycles. The third-order valence-corrected chi connectivity index (χ3v) is 3.52. The summed E-state index contributed by atoms with van der Waals surface area (Å²) in [5, 5.41) is 5.44. The number of carbonyl (C=O) groups excluding carboxylic acids is 2. The number of benzene rings is 2. The molecular weight excluding hydrogens is 302 g/mol. The van der Waals surface area contributed by atoms with Crippen molar-refractivity contribution >= 4 is 23.3 Å². The second-order valence-corrected chi connectivity index (χ2v) is 6.76. The number of nitrogens with two attached hydrogens (primary N) is 1. The molecule has 0 atom stereocenters. The van der Waals surface area contributed by atoms with Gasteiger partial charge in [0.25, 0.3) is 0 Å². The van der Waals surface area contributed by atoms with Crippen LogP contribution in [0, 0.1) is 5.41 Å². The van der Waals surface area contributed by atoms with E-state index >= 15 is 0 Å². The van der Waals surface area contributed by atoms with Gasteiger partial charge in [0, 0.05) is 16.8 Å². The van der Waals surface area contributed by atoms with Crippen LogP contribution in [0.2, 0.25) is 0 Å². The van der Waals surface area contributed by atoms with E-state index in [-0.39, 0.29) is 5.91 Å². The molecular formula is C19H23N3O2. The van der Waals surface area contributed by atoms with Crippen molar-refractivity contribution in [2.45, 2.75) is 27.2 Å². The lowest BCUT2D eigenvalue weighted by Crippen LogP contribution is -2.27. The summed E-state index contributed by atoms with van der Waals surface area (Å²) in [5.74, 6) is -0.00668. The lowest BCUT2D eigenvalue weighted by atomic mass is 9.95. The first-order valence-corrected chi connectivity index (χ1v) is 7.80. The van der Waals surface area contributed by atoms with Crippen molar-refractivity contribution in [3.8, 4) is 0 Å². The Hall–Kier alpha value is -2.82. The number of primary amides is 1. The van der Waals surface area contributed by atoms with Gasteiger partial charge < -0.3 is 16.4 Å². The van der Waals surface area contributed by atoms with E-state index in [1.807, 2.05) is 69.3 Å². The third-order valence-electron chi connectivity index (χ3n) is 3.52. The molecule has 5 nitrogen and oxygen atoms in total. The molecule has 0 aromatic heterocycles. The predicted molar refractivity (Wildman–Crippen MR) is 97.0 cm³/mol. The Bertz CT molecular complexity index is 714. The van der Waals surface area contributed by atoms with Gasteiger partial charge in [0.1, 0.15) is 0 Å². The SMILES string of the molecule is CC(C)(C)C(=O)Nc1ccc(Cc2ccc(NC(N)=O)cc2)cc1. The fourth-order valence-corrected chi connectivity index (χ4v) is 2.11. The van der Waals surface area contributed by atoms with Gasteiger partial charge in [-0.15, -0.1) is 0 Å². The zero-order chi connectivity index (χ0) is 17.7. The van der Waals surface area contributed by atoms with E-state index in [0.29, 0.717) is 5.69 Å². The van der Waals surface area contributed by atoms with Crippen LogP contribution in [0.4, 0.5) is 16.2 Å². The van der Waals surface area contributed by atoms with Gasteiger partial charge in [-0.2, -0.15) is 0 Å². The molecule has 2 rings (SSSR count). The van der Waals surface area contributed by atoms with E-state index in [0.717, 1.165) is 23.2 Å².